The zero-order chi connectivity index (χ0) is 18.4. The Morgan fingerprint density at radius 3 is 2.62 bits per heavy atom. The molecule has 1 aromatic carbocycles. The lowest BCUT2D eigenvalue weighted by molar-refractivity contribution is 0.0194. The molecule has 0 spiro atoms. The molecule has 2 aliphatic heterocycles. The van der Waals surface area contributed by atoms with Crippen LogP contribution in [0, 0.1) is 5.41 Å². The monoisotopic (exact) mass is 358 g/mol. The van der Waals surface area contributed by atoms with Crippen LogP contribution in [0.2, 0.25) is 0 Å². The number of nitrogens with zero attached hydrogens (tertiary/aromatic N) is 3. The van der Waals surface area contributed by atoms with E-state index in [-0.39, 0.29) is 5.41 Å². The molecule has 0 radical (unpaired) electrons. The van der Waals surface area contributed by atoms with Gasteiger partial charge in [0.1, 0.15) is 0 Å². The molecule has 144 valence electrons. The number of guanidine groups is 1. The molecule has 0 bridgehead atoms. The van der Waals surface area contributed by atoms with Crippen LogP contribution in [0.3, 0.4) is 0 Å². The summed E-state index contributed by atoms with van der Waals surface area (Å²) in [6.45, 7) is 11.6. The Balaban J connectivity index is 1.50. The lowest BCUT2D eigenvalue weighted by Gasteiger charge is -2.33. The van der Waals surface area contributed by atoms with Crippen molar-refractivity contribution in [3.05, 3.63) is 35.9 Å². The average molecular weight is 359 g/mol. The van der Waals surface area contributed by atoms with E-state index >= 15 is 0 Å². The Kier molecular flexibility index (Phi) is 6.54. The summed E-state index contributed by atoms with van der Waals surface area (Å²) >= 11 is 0. The highest BCUT2D eigenvalue weighted by Crippen LogP contribution is 2.22. The summed E-state index contributed by atoms with van der Waals surface area (Å²) in [5, 5.41) is 3.63. The second-order valence-corrected chi connectivity index (χ2v) is 8.26. The molecule has 5 nitrogen and oxygen atoms in total. The van der Waals surface area contributed by atoms with Crippen molar-refractivity contribution in [1.82, 2.24) is 15.1 Å². The average Bonchev–Trinajstić information content (AvgIpc) is 3.13. The van der Waals surface area contributed by atoms with Gasteiger partial charge in [-0.25, -0.2) is 0 Å². The predicted octanol–water partition coefficient (Wildman–Crippen LogP) is 2.24. The number of hydrogen-bond acceptors (Lipinski definition) is 3. The van der Waals surface area contributed by atoms with Crippen LogP contribution in [0.1, 0.15) is 25.8 Å². The van der Waals surface area contributed by atoms with E-state index in [9.17, 15) is 0 Å². The smallest absolute Gasteiger partial charge is 0.193 e. The van der Waals surface area contributed by atoms with Gasteiger partial charge in [0.05, 0.1) is 13.2 Å². The molecule has 3 rings (SSSR count). The van der Waals surface area contributed by atoms with Crippen LogP contribution in [0.25, 0.3) is 0 Å². The molecular formula is C21H34N4O. The van der Waals surface area contributed by atoms with Gasteiger partial charge in [-0.2, -0.15) is 0 Å². The van der Waals surface area contributed by atoms with E-state index in [1.165, 1.54) is 12.0 Å². The van der Waals surface area contributed by atoms with Crippen LogP contribution in [-0.2, 0) is 11.2 Å². The normalized spacial score (nSPS) is 22.7. The van der Waals surface area contributed by atoms with Crippen LogP contribution in [0.5, 0.6) is 0 Å². The lowest BCUT2D eigenvalue weighted by Crippen LogP contribution is -2.48. The highest BCUT2D eigenvalue weighted by Gasteiger charge is 2.30. The van der Waals surface area contributed by atoms with Gasteiger partial charge >= 0.3 is 0 Å². The summed E-state index contributed by atoms with van der Waals surface area (Å²) in [4.78, 5) is 9.54. The van der Waals surface area contributed by atoms with Crippen molar-refractivity contribution < 1.29 is 4.74 Å². The van der Waals surface area contributed by atoms with Crippen molar-refractivity contribution in [2.45, 2.75) is 32.7 Å². The van der Waals surface area contributed by atoms with Gasteiger partial charge in [-0.05, 0) is 23.8 Å². The minimum Gasteiger partial charge on any atom is -0.379 e. The minimum atomic E-state index is 0.181. The number of ether oxygens (including phenoxy) is 1. The third-order valence-electron chi connectivity index (χ3n) is 5.49. The molecule has 2 fully saturated rings. The fourth-order valence-corrected chi connectivity index (χ4v) is 4.04. The summed E-state index contributed by atoms with van der Waals surface area (Å²) in [5.41, 5.74) is 1.57. The first kappa shape index (κ1) is 19.2. The molecule has 0 aliphatic carbocycles. The van der Waals surface area contributed by atoms with Crippen LogP contribution < -0.4 is 5.32 Å². The molecule has 26 heavy (non-hydrogen) atoms. The van der Waals surface area contributed by atoms with Gasteiger partial charge in [0.25, 0.3) is 0 Å². The Morgan fingerprint density at radius 2 is 1.92 bits per heavy atom. The molecule has 5 heteroatoms. The molecule has 2 saturated heterocycles. The number of aliphatic imine (C=N–C) groups is 1. The van der Waals surface area contributed by atoms with Gasteiger partial charge in [0, 0.05) is 45.8 Å². The van der Waals surface area contributed by atoms with Gasteiger partial charge in [0.2, 0.25) is 0 Å². The van der Waals surface area contributed by atoms with E-state index in [1.54, 1.807) is 0 Å². The van der Waals surface area contributed by atoms with Crippen LogP contribution in [0.4, 0.5) is 0 Å². The largest absolute Gasteiger partial charge is 0.379 e. The maximum absolute atomic E-state index is 5.49. The topological polar surface area (TPSA) is 40.1 Å². The summed E-state index contributed by atoms with van der Waals surface area (Å²) in [7, 11) is 1.90. The van der Waals surface area contributed by atoms with Gasteiger partial charge in [0.15, 0.2) is 5.96 Å². The number of rotatable bonds is 5. The van der Waals surface area contributed by atoms with Crippen LogP contribution in [-0.4, -0.2) is 74.8 Å². The van der Waals surface area contributed by atoms with Crippen molar-refractivity contribution in [2.75, 3.05) is 53.0 Å². The Hall–Kier alpha value is -1.59. The molecule has 1 aromatic rings. The van der Waals surface area contributed by atoms with Gasteiger partial charge in [-0.1, -0.05) is 44.2 Å². The Morgan fingerprint density at radius 1 is 1.19 bits per heavy atom. The van der Waals surface area contributed by atoms with Crippen molar-refractivity contribution in [3.8, 4) is 0 Å². The van der Waals surface area contributed by atoms with E-state index in [4.69, 9.17) is 4.74 Å². The molecule has 2 aliphatic rings. The van der Waals surface area contributed by atoms with E-state index in [0.717, 1.165) is 58.3 Å². The van der Waals surface area contributed by atoms with E-state index in [2.05, 4.69) is 64.3 Å². The molecular weight excluding hydrogens is 324 g/mol. The summed E-state index contributed by atoms with van der Waals surface area (Å²) < 4.78 is 5.49. The molecule has 0 aromatic heterocycles. The zero-order valence-electron chi connectivity index (χ0n) is 16.6. The standard InChI is InChI=1S/C21H34N4O/c1-21(2,15-18-7-5-4-6-8-18)17-23-20(22-3)25-10-9-19(16-25)24-11-13-26-14-12-24/h4-8,19H,9-17H2,1-3H3,(H,22,23). The third-order valence-corrected chi connectivity index (χ3v) is 5.49. The summed E-state index contributed by atoms with van der Waals surface area (Å²) in [5.74, 6) is 1.04. The molecule has 0 amide bonds. The van der Waals surface area contributed by atoms with Crippen molar-refractivity contribution in [3.63, 3.8) is 0 Å². The second kappa shape index (κ2) is 8.87. The maximum Gasteiger partial charge on any atom is 0.193 e. The fourth-order valence-electron chi connectivity index (χ4n) is 4.04. The number of hydrogen-bond donors (Lipinski definition) is 1. The number of nitrogens with one attached hydrogen (secondary N) is 1. The predicted molar refractivity (Wildman–Crippen MR) is 108 cm³/mol. The summed E-state index contributed by atoms with van der Waals surface area (Å²) in [6.07, 6.45) is 2.28. The molecule has 1 N–H and O–H groups in total. The van der Waals surface area contributed by atoms with Crippen molar-refractivity contribution in [1.29, 1.82) is 0 Å². The number of morpholine rings is 1. The SMILES string of the molecule is CN=C(NCC(C)(C)Cc1ccccc1)N1CCC(N2CCOCC2)C1. The molecule has 1 unspecified atom stereocenters. The minimum absolute atomic E-state index is 0.181. The third kappa shape index (κ3) is 5.21. The molecule has 1 atom stereocenters. The lowest BCUT2D eigenvalue weighted by atomic mass is 9.86. The molecule has 2 heterocycles. The van der Waals surface area contributed by atoms with E-state index < -0.39 is 0 Å². The second-order valence-electron chi connectivity index (χ2n) is 8.26. The molecule has 0 saturated carbocycles. The van der Waals surface area contributed by atoms with Crippen molar-refractivity contribution in [2.24, 2.45) is 10.4 Å². The van der Waals surface area contributed by atoms with E-state index in [0.29, 0.717) is 6.04 Å². The van der Waals surface area contributed by atoms with Crippen molar-refractivity contribution >= 4 is 5.96 Å². The number of likely N-dealkylation sites (tertiary alicyclic amines) is 1. The van der Waals surface area contributed by atoms with Gasteiger partial charge < -0.3 is 15.0 Å². The van der Waals surface area contributed by atoms with Crippen LogP contribution >= 0.6 is 0 Å². The number of benzene rings is 1. The Labute approximate surface area is 158 Å². The first-order chi connectivity index (χ1) is 12.6. The first-order valence-electron chi connectivity index (χ1n) is 9.89. The van der Waals surface area contributed by atoms with Crippen LogP contribution in [0.15, 0.2) is 35.3 Å². The zero-order valence-corrected chi connectivity index (χ0v) is 16.6. The highest BCUT2D eigenvalue weighted by atomic mass is 16.5. The summed E-state index contributed by atoms with van der Waals surface area (Å²) in [6, 6.07) is 11.4. The Bertz CT molecular complexity index is 581. The quantitative estimate of drug-likeness (QED) is 0.647. The first-order valence-corrected chi connectivity index (χ1v) is 9.89. The van der Waals surface area contributed by atoms with E-state index in [1.807, 2.05) is 7.05 Å². The van der Waals surface area contributed by atoms with Gasteiger partial charge in [-0.15, -0.1) is 0 Å². The maximum atomic E-state index is 5.49. The fraction of sp³-hybridized carbons (Fsp3) is 0.667. The van der Waals surface area contributed by atoms with Gasteiger partial charge in [-0.3, -0.25) is 9.89 Å². The highest BCUT2D eigenvalue weighted by molar-refractivity contribution is 5.80.